The molecule has 7 heteroatoms. The Morgan fingerprint density at radius 1 is 1.24 bits per heavy atom. The van der Waals surface area contributed by atoms with E-state index in [2.05, 4.69) is 26.2 Å². The number of terminal acetylenes is 1. The largest absolute Gasteiger partial charge is 0.342 e. The normalized spacial score (nSPS) is 19.8. The molecule has 3 N–H and O–H groups in total. The highest BCUT2D eigenvalue weighted by molar-refractivity contribution is 5.85. The second kappa shape index (κ2) is 6.51. The lowest BCUT2D eigenvalue weighted by Crippen LogP contribution is -2.09. The lowest BCUT2D eigenvalue weighted by molar-refractivity contribution is 0.0300. The number of anilines is 2. The quantitative estimate of drug-likeness (QED) is 0.712. The number of hydrogen-bond donors (Lipinski definition) is 2. The topological polar surface area (TPSA) is 90.9 Å². The number of hydrogen-bond acceptors (Lipinski definition) is 6. The molecule has 1 fully saturated rings. The molecule has 3 heterocycles. The van der Waals surface area contributed by atoms with Crippen molar-refractivity contribution in [3.8, 4) is 12.3 Å². The Labute approximate surface area is 145 Å². The van der Waals surface area contributed by atoms with Gasteiger partial charge in [-0.15, -0.1) is 6.42 Å². The second-order valence-electron chi connectivity index (χ2n) is 5.90. The molecule has 1 aliphatic rings. The first-order valence-electron chi connectivity index (χ1n) is 8.13. The van der Waals surface area contributed by atoms with E-state index in [1.807, 2.05) is 28.8 Å². The van der Waals surface area contributed by atoms with E-state index in [0.29, 0.717) is 17.9 Å². The van der Waals surface area contributed by atoms with Gasteiger partial charge in [-0.3, -0.25) is 4.57 Å². The first-order valence-corrected chi connectivity index (χ1v) is 8.13. The van der Waals surface area contributed by atoms with E-state index in [9.17, 15) is 0 Å². The predicted molar refractivity (Wildman–Crippen MR) is 94.9 cm³/mol. The number of fused-ring (bicyclic) bond motifs is 1. The number of aromatic nitrogens is 4. The molecule has 1 saturated heterocycles. The fraction of sp³-hybridized carbons (Fsp3) is 0.278. The molecule has 7 nitrogen and oxygen atoms in total. The summed E-state index contributed by atoms with van der Waals surface area (Å²) in [5.74, 6) is 3.30. The third kappa shape index (κ3) is 2.93. The molecule has 2 unspecified atom stereocenters. The van der Waals surface area contributed by atoms with E-state index in [1.54, 1.807) is 6.33 Å². The number of benzene rings is 1. The molecule has 0 spiro atoms. The van der Waals surface area contributed by atoms with Gasteiger partial charge in [0, 0.05) is 12.2 Å². The van der Waals surface area contributed by atoms with Crippen molar-refractivity contribution in [3.05, 3.63) is 42.5 Å². The van der Waals surface area contributed by atoms with Crippen molar-refractivity contribution < 1.29 is 4.74 Å². The minimum absolute atomic E-state index is 0.141. The van der Waals surface area contributed by atoms with Crippen LogP contribution in [0.1, 0.15) is 24.6 Å². The summed E-state index contributed by atoms with van der Waals surface area (Å²) in [7, 11) is 0. The highest BCUT2D eigenvalue weighted by atomic mass is 16.5. The molecule has 0 saturated carbocycles. The SMILES string of the molecule is C#CC1CCC(n2cnc3c(Nc4ccc(CN)cc4)ncnc32)O1. The van der Waals surface area contributed by atoms with Crippen molar-refractivity contribution in [1.29, 1.82) is 0 Å². The summed E-state index contributed by atoms with van der Waals surface area (Å²) in [6.45, 7) is 0.516. The lowest BCUT2D eigenvalue weighted by atomic mass is 10.2. The second-order valence-corrected chi connectivity index (χ2v) is 5.90. The monoisotopic (exact) mass is 334 g/mol. The zero-order chi connectivity index (χ0) is 17.2. The minimum atomic E-state index is -0.150. The summed E-state index contributed by atoms with van der Waals surface area (Å²) in [4.78, 5) is 13.2. The highest BCUT2D eigenvalue weighted by Crippen LogP contribution is 2.31. The molecular weight excluding hydrogens is 316 g/mol. The summed E-state index contributed by atoms with van der Waals surface area (Å²) in [5, 5.41) is 3.28. The zero-order valence-electron chi connectivity index (χ0n) is 13.6. The number of nitrogens with two attached hydrogens (primary N) is 1. The molecule has 0 amide bonds. The van der Waals surface area contributed by atoms with Gasteiger partial charge in [0.2, 0.25) is 0 Å². The van der Waals surface area contributed by atoms with Gasteiger partial charge < -0.3 is 15.8 Å². The highest BCUT2D eigenvalue weighted by Gasteiger charge is 2.27. The Kier molecular flexibility index (Phi) is 4.06. The van der Waals surface area contributed by atoms with Crippen LogP contribution >= 0.6 is 0 Å². The van der Waals surface area contributed by atoms with Crippen LogP contribution < -0.4 is 11.1 Å². The van der Waals surface area contributed by atoms with Crippen LogP contribution in [0.2, 0.25) is 0 Å². The van der Waals surface area contributed by atoms with Crippen LogP contribution in [0.3, 0.4) is 0 Å². The van der Waals surface area contributed by atoms with Crippen molar-refractivity contribution >= 4 is 22.7 Å². The summed E-state index contributed by atoms with van der Waals surface area (Å²) in [5.41, 5.74) is 9.03. The Hall–Kier alpha value is -2.95. The molecule has 1 aromatic carbocycles. The van der Waals surface area contributed by atoms with Gasteiger partial charge in [-0.25, -0.2) is 15.0 Å². The van der Waals surface area contributed by atoms with Crippen LogP contribution in [-0.4, -0.2) is 25.6 Å². The van der Waals surface area contributed by atoms with Crippen LogP contribution in [0.15, 0.2) is 36.9 Å². The van der Waals surface area contributed by atoms with Gasteiger partial charge in [0.05, 0.1) is 6.33 Å². The Morgan fingerprint density at radius 3 is 2.80 bits per heavy atom. The predicted octanol–water partition coefficient (Wildman–Crippen LogP) is 2.34. The number of nitrogens with one attached hydrogen (secondary N) is 1. The number of nitrogens with zero attached hydrogens (tertiary/aromatic N) is 4. The minimum Gasteiger partial charge on any atom is -0.342 e. The maximum atomic E-state index is 5.84. The lowest BCUT2D eigenvalue weighted by Gasteiger charge is -2.13. The summed E-state index contributed by atoms with van der Waals surface area (Å²) < 4.78 is 7.75. The maximum absolute atomic E-state index is 5.84. The van der Waals surface area contributed by atoms with E-state index in [1.165, 1.54) is 6.33 Å². The van der Waals surface area contributed by atoms with Crippen molar-refractivity contribution in [2.45, 2.75) is 31.7 Å². The number of imidazole rings is 1. The van der Waals surface area contributed by atoms with Crippen LogP contribution in [0.25, 0.3) is 11.2 Å². The molecule has 126 valence electrons. The first kappa shape index (κ1) is 15.6. The molecule has 2 aromatic heterocycles. The standard InChI is InChI=1S/C18H18N6O/c1-2-14-7-8-15(25-14)24-11-22-16-17(20-10-21-18(16)24)23-13-5-3-12(9-19)4-6-13/h1,3-6,10-11,14-15H,7-9,19H2,(H,20,21,23). The summed E-state index contributed by atoms with van der Waals surface area (Å²) in [6.07, 6.45) is 10.1. The maximum Gasteiger partial charge on any atom is 0.167 e. The fourth-order valence-electron chi connectivity index (χ4n) is 2.96. The van der Waals surface area contributed by atoms with Crippen LogP contribution in [0, 0.1) is 12.3 Å². The average molecular weight is 334 g/mol. The average Bonchev–Trinajstić information content (AvgIpc) is 3.29. The van der Waals surface area contributed by atoms with E-state index in [0.717, 1.165) is 29.7 Å². The van der Waals surface area contributed by atoms with Gasteiger partial charge in [-0.2, -0.15) is 0 Å². The Morgan fingerprint density at radius 2 is 2.08 bits per heavy atom. The van der Waals surface area contributed by atoms with Gasteiger partial charge in [-0.1, -0.05) is 18.1 Å². The number of ether oxygens (including phenoxy) is 1. The molecule has 0 radical (unpaired) electrons. The van der Waals surface area contributed by atoms with Gasteiger partial charge in [0.25, 0.3) is 0 Å². The molecule has 0 bridgehead atoms. The van der Waals surface area contributed by atoms with E-state index >= 15 is 0 Å². The van der Waals surface area contributed by atoms with Crippen molar-refractivity contribution in [3.63, 3.8) is 0 Å². The van der Waals surface area contributed by atoms with Crippen LogP contribution in [0.4, 0.5) is 11.5 Å². The smallest absolute Gasteiger partial charge is 0.167 e. The first-order chi connectivity index (χ1) is 12.3. The third-order valence-electron chi connectivity index (χ3n) is 4.30. The molecule has 2 atom stereocenters. The molecule has 4 rings (SSSR count). The van der Waals surface area contributed by atoms with E-state index < -0.39 is 0 Å². The molecule has 0 aliphatic carbocycles. The van der Waals surface area contributed by atoms with Crippen molar-refractivity contribution in [2.24, 2.45) is 5.73 Å². The zero-order valence-corrected chi connectivity index (χ0v) is 13.6. The van der Waals surface area contributed by atoms with Gasteiger partial charge in [0.15, 0.2) is 17.0 Å². The molecule has 1 aliphatic heterocycles. The Balaban J connectivity index is 1.63. The number of rotatable bonds is 4. The van der Waals surface area contributed by atoms with E-state index in [-0.39, 0.29) is 12.3 Å². The van der Waals surface area contributed by atoms with Crippen LogP contribution in [0.5, 0.6) is 0 Å². The van der Waals surface area contributed by atoms with Crippen LogP contribution in [-0.2, 0) is 11.3 Å². The van der Waals surface area contributed by atoms with Gasteiger partial charge in [-0.05, 0) is 30.5 Å². The molecular formula is C18H18N6O. The van der Waals surface area contributed by atoms with Gasteiger partial charge in [0.1, 0.15) is 18.7 Å². The third-order valence-corrected chi connectivity index (χ3v) is 4.30. The molecule has 3 aromatic rings. The fourth-order valence-corrected chi connectivity index (χ4v) is 2.96. The van der Waals surface area contributed by atoms with E-state index in [4.69, 9.17) is 16.9 Å². The van der Waals surface area contributed by atoms with Crippen molar-refractivity contribution in [2.75, 3.05) is 5.32 Å². The Bertz CT molecular complexity index is 927. The summed E-state index contributed by atoms with van der Waals surface area (Å²) >= 11 is 0. The van der Waals surface area contributed by atoms with Crippen molar-refractivity contribution in [1.82, 2.24) is 19.5 Å². The summed E-state index contributed by atoms with van der Waals surface area (Å²) in [6, 6.07) is 7.88. The van der Waals surface area contributed by atoms with Gasteiger partial charge >= 0.3 is 0 Å². The molecule has 25 heavy (non-hydrogen) atoms.